The lowest BCUT2D eigenvalue weighted by molar-refractivity contribution is 0.359. The van der Waals surface area contributed by atoms with Gasteiger partial charge in [-0.15, -0.1) is 0 Å². The Morgan fingerprint density at radius 1 is 1.23 bits per heavy atom. The van der Waals surface area contributed by atoms with E-state index < -0.39 is 0 Å². The summed E-state index contributed by atoms with van der Waals surface area (Å²) in [5, 5.41) is 3.69. The average molecular weight is 201 g/mol. The van der Waals surface area contributed by atoms with Crippen LogP contribution < -0.4 is 5.32 Å². The van der Waals surface area contributed by atoms with Crippen LogP contribution in [0.5, 0.6) is 0 Å². The predicted octanol–water partition coefficient (Wildman–Crippen LogP) is 2.76. The maximum Gasteiger partial charge on any atom is 0.00828 e. The van der Waals surface area contributed by atoms with Crippen molar-refractivity contribution >= 4 is 11.8 Å². The van der Waals surface area contributed by atoms with Gasteiger partial charge in [-0.05, 0) is 42.7 Å². The third-order valence-electron chi connectivity index (χ3n) is 3.09. The van der Waals surface area contributed by atoms with Crippen molar-refractivity contribution in [2.75, 3.05) is 18.1 Å². The fraction of sp³-hybridized carbons (Fsp3) is 1.00. The summed E-state index contributed by atoms with van der Waals surface area (Å²) in [6, 6.07) is 0.808. The molecule has 1 fully saturated rings. The number of hydrogen-bond acceptors (Lipinski definition) is 2. The van der Waals surface area contributed by atoms with E-state index >= 15 is 0 Å². The molecule has 1 rings (SSSR count). The molecule has 1 aliphatic rings. The third-order valence-corrected chi connectivity index (χ3v) is 4.14. The van der Waals surface area contributed by atoms with E-state index in [2.05, 4.69) is 37.8 Å². The lowest BCUT2D eigenvalue weighted by atomic mass is 9.97. The first-order valence-corrected chi connectivity index (χ1v) is 6.66. The minimum atomic E-state index is 0.808. The summed E-state index contributed by atoms with van der Waals surface area (Å²) in [5.41, 5.74) is 0. The van der Waals surface area contributed by atoms with Gasteiger partial charge in [-0.3, -0.25) is 0 Å². The number of hydrogen-bond donors (Lipinski definition) is 1. The van der Waals surface area contributed by atoms with Crippen molar-refractivity contribution in [2.45, 2.75) is 39.7 Å². The lowest BCUT2D eigenvalue weighted by Crippen LogP contribution is -2.36. The molecule has 1 N–H and O–H groups in total. The summed E-state index contributed by atoms with van der Waals surface area (Å²) >= 11 is 2.10. The molecule has 0 aromatic heterocycles. The molecule has 0 saturated carbocycles. The van der Waals surface area contributed by atoms with Gasteiger partial charge < -0.3 is 5.32 Å². The second-order valence-corrected chi connectivity index (χ2v) is 5.74. The molecule has 1 atom stereocenters. The van der Waals surface area contributed by atoms with Gasteiger partial charge in [0.1, 0.15) is 0 Å². The second kappa shape index (κ2) is 5.92. The highest BCUT2D eigenvalue weighted by molar-refractivity contribution is 7.99. The van der Waals surface area contributed by atoms with Crippen LogP contribution in [0.1, 0.15) is 33.6 Å². The summed E-state index contributed by atoms with van der Waals surface area (Å²) in [6.07, 6.45) is 2.74. The Balaban J connectivity index is 2.10. The first-order valence-electron chi connectivity index (χ1n) is 5.51. The van der Waals surface area contributed by atoms with Gasteiger partial charge in [-0.2, -0.15) is 11.8 Å². The average Bonchev–Trinajstić information content (AvgIpc) is 2.15. The zero-order valence-electron chi connectivity index (χ0n) is 9.18. The van der Waals surface area contributed by atoms with E-state index in [9.17, 15) is 0 Å². The van der Waals surface area contributed by atoms with Crippen LogP contribution in [0.2, 0.25) is 0 Å². The topological polar surface area (TPSA) is 12.0 Å². The Kier molecular flexibility index (Phi) is 5.18. The van der Waals surface area contributed by atoms with Crippen molar-refractivity contribution in [1.82, 2.24) is 5.32 Å². The van der Waals surface area contributed by atoms with E-state index in [0.29, 0.717) is 0 Å². The second-order valence-electron chi connectivity index (χ2n) is 4.52. The lowest BCUT2D eigenvalue weighted by Gasteiger charge is -2.25. The molecule has 1 unspecified atom stereocenters. The van der Waals surface area contributed by atoms with E-state index in [0.717, 1.165) is 17.9 Å². The van der Waals surface area contributed by atoms with Crippen LogP contribution in [0, 0.1) is 11.8 Å². The van der Waals surface area contributed by atoms with Crippen LogP contribution >= 0.6 is 11.8 Å². The molecular weight excluding hydrogens is 178 g/mol. The molecule has 0 amide bonds. The van der Waals surface area contributed by atoms with E-state index in [-0.39, 0.29) is 0 Å². The quantitative estimate of drug-likeness (QED) is 0.750. The van der Waals surface area contributed by atoms with Crippen LogP contribution in [-0.2, 0) is 0 Å². The van der Waals surface area contributed by atoms with Crippen LogP contribution in [-0.4, -0.2) is 24.1 Å². The molecule has 78 valence electrons. The molecule has 2 heteroatoms. The molecular formula is C11H23NS. The van der Waals surface area contributed by atoms with Crippen LogP contribution in [0.25, 0.3) is 0 Å². The molecule has 0 bridgehead atoms. The Morgan fingerprint density at radius 3 is 2.38 bits per heavy atom. The predicted molar refractivity (Wildman–Crippen MR) is 62.4 cm³/mol. The Labute approximate surface area is 87.1 Å². The Hall–Kier alpha value is 0.310. The Bertz CT molecular complexity index is 130. The van der Waals surface area contributed by atoms with Crippen LogP contribution in [0.15, 0.2) is 0 Å². The van der Waals surface area contributed by atoms with Crippen LogP contribution in [0.4, 0.5) is 0 Å². The number of nitrogens with one attached hydrogen (secondary N) is 1. The zero-order valence-corrected chi connectivity index (χ0v) is 9.99. The van der Waals surface area contributed by atoms with Crippen molar-refractivity contribution in [3.63, 3.8) is 0 Å². The SMILES string of the molecule is CC(C)C(C)CNC1CCSCC1. The maximum atomic E-state index is 3.69. The molecule has 0 aromatic rings. The molecule has 0 spiro atoms. The standard InChI is InChI=1S/C11H23NS/c1-9(2)10(3)8-12-11-4-6-13-7-5-11/h9-12H,4-8H2,1-3H3. The maximum absolute atomic E-state index is 3.69. The molecule has 0 aliphatic carbocycles. The van der Waals surface area contributed by atoms with Crippen molar-refractivity contribution in [1.29, 1.82) is 0 Å². The summed E-state index contributed by atoms with van der Waals surface area (Å²) in [6.45, 7) is 8.16. The minimum absolute atomic E-state index is 0.808. The van der Waals surface area contributed by atoms with Crippen molar-refractivity contribution < 1.29 is 0 Å². The van der Waals surface area contributed by atoms with E-state index in [1.54, 1.807) is 0 Å². The first-order chi connectivity index (χ1) is 6.20. The molecule has 0 radical (unpaired) electrons. The molecule has 13 heavy (non-hydrogen) atoms. The summed E-state index contributed by atoms with van der Waals surface area (Å²) in [5.74, 6) is 4.33. The van der Waals surface area contributed by atoms with Gasteiger partial charge >= 0.3 is 0 Å². The zero-order chi connectivity index (χ0) is 9.68. The van der Waals surface area contributed by atoms with Gasteiger partial charge in [-0.1, -0.05) is 20.8 Å². The largest absolute Gasteiger partial charge is 0.314 e. The fourth-order valence-electron chi connectivity index (χ4n) is 1.49. The van der Waals surface area contributed by atoms with Crippen molar-refractivity contribution in [2.24, 2.45) is 11.8 Å². The van der Waals surface area contributed by atoms with Gasteiger partial charge in [0.15, 0.2) is 0 Å². The normalized spacial score (nSPS) is 22.2. The van der Waals surface area contributed by atoms with E-state index in [1.165, 1.54) is 30.9 Å². The number of rotatable bonds is 4. The van der Waals surface area contributed by atoms with Gasteiger partial charge in [0, 0.05) is 6.04 Å². The van der Waals surface area contributed by atoms with E-state index in [4.69, 9.17) is 0 Å². The van der Waals surface area contributed by atoms with E-state index in [1.807, 2.05) is 0 Å². The highest BCUT2D eigenvalue weighted by atomic mass is 32.2. The van der Waals surface area contributed by atoms with Crippen LogP contribution in [0.3, 0.4) is 0 Å². The monoisotopic (exact) mass is 201 g/mol. The molecule has 1 saturated heterocycles. The molecule has 1 nitrogen and oxygen atoms in total. The Morgan fingerprint density at radius 2 is 1.85 bits per heavy atom. The van der Waals surface area contributed by atoms with Gasteiger partial charge in [0.05, 0.1) is 0 Å². The highest BCUT2D eigenvalue weighted by Gasteiger charge is 2.14. The summed E-state index contributed by atoms with van der Waals surface area (Å²) in [4.78, 5) is 0. The molecule has 1 heterocycles. The smallest absolute Gasteiger partial charge is 0.00828 e. The molecule has 0 aromatic carbocycles. The summed E-state index contributed by atoms with van der Waals surface area (Å²) < 4.78 is 0. The first kappa shape index (κ1) is 11.4. The third kappa shape index (κ3) is 4.37. The summed E-state index contributed by atoms with van der Waals surface area (Å²) in [7, 11) is 0. The highest BCUT2D eigenvalue weighted by Crippen LogP contribution is 2.17. The fourth-order valence-corrected chi connectivity index (χ4v) is 2.60. The van der Waals surface area contributed by atoms with Crippen molar-refractivity contribution in [3.05, 3.63) is 0 Å². The van der Waals surface area contributed by atoms with Gasteiger partial charge in [0.2, 0.25) is 0 Å². The van der Waals surface area contributed by atoms with Gasteiger partial charge in [-0.25, -0.2) is 0 Å². The molecule has 1 aliphatic heterocycles. The van der Waals surface area contributed by atoms with Gasteiger partial charge in [0.25, 0.3) is 0 Å². The minimum Gasteiger partial charge on any atom is -0.314 e. The van der Waals surface area contributed by atoms with Crippen molar-refractivity contribution in [3.8, 4) is 0 Å². The number of thioether (sulfide) groups is 1.